The zero-order valence-corrected chi connectivity index (χ0v) is 18.9. The number of nitrogens with one attached hydrogen (secondary N) is 2. The zero-order valence-electron chi connectivity index (χ0n) is 15.7. The summed E-state index contributed by atoms with van der Waals surface area (Å²) in [4.78, 5) is 21.8. The number of hydrogen-bond acceptors (Lipinski definition) is 4. The molecule has 0 fully saturated rings. The van der Waals surface area contributed by atoms with Gasteiger partial charge in [0.05, 0.1) is 5.56 Å². The third-order valence-electron chi connectivity index (χ3n) is 4.52. The Labute approximate surface area is 196 Å². The maximum absolute atomic E-state index is 14.0. The van der Waals surface area contributed by atoms with Crippen molar-refractivity contribution in [1.82, 2.24) is 5.32 Å². The molecule has 0 radical (unpaired) electrons. The minimum absolute atomic E-state index is 0.112. The van der Waals surface area contributed by atoms with Gasteiger partial charge < -0.3 is 21.5 Å². The van der Waals surface area contributed by atoms with E-state index in [1.165, 1.54) is 30.4 Å². The fourth-order valence-corrected chi connectivity index (χ4v) is 4.08. The monoisotopic (exact) mass is 523 g/mol. The first-order chi connectivity index (χ1) is 14.5. The van der Waals surface area contributed by atoms with Crippen LogP contribution in [0.4, 0.5) is 14.9 Å². The lowest BCUT2D eigenvalue weighted by Crippen LogP contribution is -2.56. The number of thiocarbonyl (C=S) groups is 1. The predicted molar refractivity (Wildman–Crippen MR) is 126 cm³/mol. The van der Waals surface area contributed by atoms with Crippen LogP contribution in [-0.4, -0.2) is 31.4 Å². The molecule has 0 aliphatic heterocycles. The van der Waals surface area contributed by atoms with E-state index < -0.39 is 27.1 Å². The molecule has 2 atom stereocenters. The number of nitrogens with two attached hydrogens (primary N) is 1. The Bertz CT molecular complexity index is 1140. The van der Waals surface area contributed by atoms with E-state index >= 15 is 0 Å². The lowest BCUT2D eigenvalue weighted by atomic mass is 9.88. The summed E-state index contributed by atoms with van der Waals surface area (Å²) in [7, 11) is 0. The summed E-state index contributed by atoms with van der Waals surface area (Å²) in [6, 6.07) is 11.4. The molecule has 6 nitrogen and oxygen atoms in total. The van der Waals surface area contributed by atoms with Crippen LogP contribution in [0.25, 0.3) is 5.57 Å². The standard InChI is InChI=1S/C21H16BrClFN3O3S/c22-21(30)10-9-12(11-20(21,23)18(31)27-19(25)29)13-5-2-4-8-16(13)26-17(28)14-6-1-3-7-15(14)24/h1-11,30H,(H,26,28)(H3,25,27,29,31). The van der Waals surface area contributed by atoms with Crippen LogP contribution in [0, 0.1) is 5.82 Å². The molecule has 0 saturated carbocycles. The van der Waals surface area contributed by atoms with Gasteiger partial charge in [0.25, 0.3) is 5.91 Å². The molecular weight excluding hydrogens is 509 g/mol. The van der Waals surface area contributed by atoms with Crippen LogP contribution < -0.4 is 16.4 Å². The molecule has 2 aromatic carbocycles. The van der Waals surface area contributed by atoms with Gasteiger partial charge >= 0.3 is 6.03 Å². The lowest BCUT2D eigenvalue weighted by Gasteiger charge is -2.38. The van der Waals surface area contributed by atoms with Crippen molar-refractivity contribution >= 4 is 67.9 Å². The second-order valence-corrected chi connectivity index (χ2v) is 8.83. The largest absolute Gasteiger partial charge is 0.373 e. The molecule has 5 N–H and O–H groups in total. The number of para-hydroxylation sites is 1. The van der Waals surface area contributed by atoms with Gasteiger partial charge in [-0.05, 0) is 51.9 Å². The normalized spacial score (nSPS) is 22.4. The van der Waals surface area contributed by atoms with Gasteiger partial charge in [-0.1, -0.05) is 48.6 Å². The Hall–Kier alpha value is -2.59. The summed E-state index contributed by atoms with van der Waals surface area (Å²) in [6.07, 6.45) is 4.34. The minimum atomic E-state index is -1.82. The first-order valence-corrected chi connectivity index (χ1v) is 10.4. The summed E-state index contributed by atoms with van der Waals surface area (Å²) in [5.74, 6) is -1.28. The number of hydrogen-bond donors (Lipinski definition) is 4. The van der Waals surface area contributed by atoms with Crippen LogP contribution in [0.3, 0.4) is 0 Å². The summed E-state index contributed by atoms with van der Waals surface area (Å²) in [5.41, 5.74) is 6.40. The fraction of sp³-hybridized carbons (Fsp3) is 0.0952. The number of urea groups is 1. The maximum atomic E-state index is 14.0. The van der Waals surface area contributed by atoms with Crippen molar-refractivity contribution in [1.29, 1.82) is 0 Å². The fourth-order valence-electron chi connectivity index (χ4n) is 2.96. The highest BCUT2D eigenvalue weighted by Gasteiger charge is 2.50. The number of allylic oxidation sites excluding steroid dienone is 2. The third-order valence-corrected chi connectivity index (χ3v) is 6.76. The van der Waals surface area contributed by atoms with Gasteiger partial charge in [-0.3, -0.25) is 4.79 Å². The second kappa shape index (κ2) is 8.88. The number of amides is 3. The van der Waals surface area contributed by atoms with Gasteiger partial charge in [-0.2, -0.15) is 0 Å². The van der Waals surface area contributed by atoms with Crippen molar-refractivity contribution in [3.05, 3.63) is 83.7 Å². The average molecular weight is 525 g/mol. The molecule has 2 aromatic rings. The average Bonchev–Trinajstić information content (AvgIpc) is 2.70. The van der Waals surface area contributed by atoms with Crippen LogP contribution in [0.2, 0.25) is 0 Å². The van der Waals surface area contributed by atoms with Crippen LogP contribution in [-0.2, 0) is 0 Å². The van der Waals surface area contributed by atoms with Gasteiger partial charge in [0, 0.05) is 11.3 Å². The molecule has 10 heteroatoms. The predicted octanol–water partition coefficient (Wildman–Crippen LogP) is 4.09. The maximum Gasteiger partial charge on any atom is 0.317 e. The van der Waals surface area contributed by atoms with E-state index in [2.05, 4.69) is 26.6 Å². The molecular formula is C21H16BrClFN3O3S. The van der Waals surface area contributed by atoms with E-state index in [1.807, 2.05) is 0 Å². The Balaban J connectivity index is 2.01. The molecule has 2 unspecified atom stereocenters. The van der Waals surface area contributed by atoms with E-state index in [-0.39, 0.29) is 10.6 Å². The Kier molecular flexibility index (Phi) is 6.61. The molecule has 0 heterocycles. The highest BCUT2D eigenvalue weighted by molar-refractivity contribution is 9.10. The summed E-state index contributed by atoms with van der Waals surface area (Å²) < 4.78 is 12.2. The van der Waals surface area contributed by atoms with Gasteiger partial charge in [0.2, 0.25) is 0 Å². The lowest BCUT2D eigenvalue weighted by molar-refractivity contribution is 0.102. The molecule has 0 saturated heterocycles. The topological polar surface area (TPSA) is 104 Å². The van der Waals surface area contributed by atoms with E-state index in [0.717, 1.165) is 0 Å². The zero-order chi connectivity index (χ0) is 22.8. The van der Waals surface area contributed by atoms with E-state index in [1.54, 1.807) is 36.4 Å². The van der Waals surface area contributed by atoms with Gasteiger partial charge in [-0.25, -0.2) is 9.18 Å². The van der Waals surface area contributed by atoms with Crippen molar-refractivity contribution in [3.63, 3.8) is 0 Å². The van der Waals surface area contributed by atoms with Crippen molar-refractivity contribution < 1.29 is 19.1 Å². The third kappa shape index (κ3) is 4.69. The van der Waals surface area contributed by atoms with Crippen LogP contribution >= 0.6 is 39.7 Å². The van der Waals surface area contributed by atoms with Crippen molar-refractivity contribution in [2.45, 2.75) is 9.38 Å². The van der Waals surface area contributed by atoms with E-state index in [9.17, 15) is 19.1 Å². The number of carbonyl (C=O) groups is 2. The molecule has 0 bridgehead atoms. The SMILES string of the molecule is NC(=O)NC(=S)C1(Cl)C=C(c2ccccc2NC(=O)c2ccccc2F)C=CC1(O)Br. The Morgan fingerprint density at radius 2 is 1.81 bits per heavy atom. The number of halogens is 3. The van der Waals surface area contributed by atoms with E-state index in [4.69, 9.17) is 29.6 Å². The minimum Gasteiger partial charge on any atom is -0.373 e. The molecule has 31 heavy (non-hydrogen) atoms. The van der Waals surface area contributed by atoms with Gasteiger partial charge in [0.15, 0.2) is 9.38 Å². The highest BCUT2D eigenvalue weighted by Crippen LogP contribution is 2.44. The second-order valence-electron chi connectivity index (χ2n) is 6.62. The first kappa shape index (κ1) is 23.1. The quantitative estimate of drug-likeness (QED) is 0.357. The van der Waals surface area contributed by atoms with E-state index in [0.29, 0.717) is 16.8 Å². The number of aliphatic hydroxyl groups is 1. The Morgan fingerprint density at radius 3 is 2.48 bits per heavy atom. The summed E-state index contributed by atoms with van der Waals surface area (Å²) in [6.45, 7) is 0. The number of rotatable bonds is 4. The van der Waals surface area contributed by atoms with Crippen LogP contribution in [0.5, 0.6) is 0 Å². The van der Waals surface area contributed by atoms with Crippen molar-refractivity contribution in [3.8, 4) is 0 Å². The molecule has 3 rings (SSSR count). The van der Waals surface area contributed by atoms with Gasteiger partial charge in [-0.15, -0.1) is 11.6 Å². The number of benzene rings is 2. The molecule has 1 aliphatic rings. The number of carbonyl (C=O) groups excluding carboxylic acids is 2. The summed E-state index contributed by atoms with van der Waals surface area (Å²) >= 11 is 14.9. The number of primary amides is 1. The highest BCUT2D eigenvalue weighted by atomic mass is 79.9. The Morgan fingerprint density at radius 1 is 1.16 bits per heavy atom. The van der Waals surface area contributed by atoms with Crippen LogP contribution in [0.15, 0.2) is 66.8 Å². The molecule has 3 amide bonds. The molecule has 160 valence electrons. The number of anilines is 1. The summed E-state index contributed by atoms with van der Waals surface area (Å²) in [5, 5.41) is 15.6. The molecule has 1 aliphatic carbocycles. The molecule has 0 spiro atoms. The van der Waals surface area contributed by atoms with Gasteiger partial charge in [0.1, 0.15) is 10.8 Å². The first-order valence-electron chi connectivity index (χ1n) is 8.83. The number of alkyl halides is 2. The van der Waals surface area contributed by atoms with Crippen molar-refractivity contribution in [2.75, 3.05) is 5.32 Å². The van der Waals surface area contributed by atoms with Crippen LogP contribution in [0.1, 0.15) is 15.9 Å². The smallest absolute Gasteiger partial charge is 0.317 e. The molecule has 0 aromatic heterocycles. The van der Waals surface area contributed by atoms with Crippen molar-refractivity contribution in [2.24, 2.45) is 5.73 Å².